The van der Waals surface area contributed by atoms with Crippen LogP contribution in [0.25, 0.3) is 10.9 Å². The molecule has 2 unspecified atom stereocenters. The number of piperazine rings is 1. The van der Waals surface area contributed by atoms with Crippen molar-refractivity contribution in [1.29, 1.82) is 5.26 Å². The summed E-state index contributed by atoms with van der Waals surface area (Å²) in [6, 6.07) is 15.1. The molecule has 4 saturated heterocycles. The number of thioether (sulfide) groups is 1. The van der Waals surface area contributed by atoms with E-state index in [-0.39, 0.29) is 120 Å². The normalized spacial score (nSPS) is 19.2. The molecule has 0 bridgehead atoms. The van der Waals surface area contributed by atoms with Crippen LogP contribution >= 0.6 is 34.4 Å². The first-order valence-corrected chi connectivity index (χ1v) is 33.7. The summed E-state index contributed by atoms with van der Waals surface area (Å²) in [6.07, 6.45) is 5.64. The van der Waals surface area contributed by atoms with Crippen molar-refractivity contribution in [3.63, 3.8) is 0 Å². The van der Waals surface area contributed by atoms with Crippen LogP contribution in [0.5, 0.6) is 5.75 Å². The van der Waals surface area contributed by atoms with Crippen molar-refractivity contribution in [3.05, 3.63) is 69.4 Å². The van der Waals surface area contributed by atoms with E-state index in [2.05, 4.69) is 60.6 Å². The molecule has 0 radical (unpaired) electrons. The van der Waals surface area contributed by atoms with Gasteiger partial charge in [0, 0.05) is 138 Å². The summed E-state index contributed by atoms with van der Waals surface area (Å²) in [4.78, 5) is 146. The molecule has 31 heteroatoms. The number of amides is 7. The molecule has 0 aliphatic carbocycles. The highest BCUT2D eigenvalue weighted by atomic mass is 127. The summed E-state index contributed by atoms with van der Waals surface area (Å²) < 4.78 is 35.1. The number of nitriles is 1. The number of unbranched alkanes of at least 4 members (excludes halogenated alkanes) is 2. The number of hydrogen-bond donors (Lipinski definition) is 6. The topological polar surface area (TPSA) is 339 Å². The van der Waals surface area contributed by atoms with Gasteiger partial charge in [0.1, 0.15) is 18.3 Å². The molecule has 6 N–H and O–H groups in total. The predicted octanol–water partition coefficient (Wildman–Crippen LogP) is 1.76. The second-order valence-corrected chi connectivity index (χ2v) is 26.7. The minimum Gasteiger partial charge on any atom is -0.494 e. The molecule has 27 nitrogen and oxygen atoms in total. The maximum absolute atomic E-state index is 14.1. The number of carbonyl (C=O) groups excluding carboxylic acids is 7. The van der Waals surface area contributed by atoms with E-state index >= 15 is 0 Å². The van der Waals surface area contributed by atoms with Crippen LogP contribution in [-0.2, 0) is 49.6 Å². The fraction of sp³-hybridized carbons (Fsp3) is 0.587. The van der Waals surface area contributed by atoms with Crippen LogP contribution < -0.4 is 20.7 Å². The number of aliphatic carboxylic acids is 3. The Morgan fingerprint density at radius 1 is 0.713 bits per heavy atom. The summed E-state index contributed by atoms with van der Waals surface area (Å²) in [5, 5.41) is 45.9. The summed E-state index contributed by atoms with van der Waals surface area (Å²) in [5.74, 6) is -9.16. The lowest BCUT2D eigenvalue weighted by Crippen LogP contribution is -2.52. The Labute approximate surface area is 562 Å². The van der Waals surface area contributed by atoms with Crippen LogP contribution in [-0.4, -0.2) is 292 Å². The van der Waals surface area contributed by atoms with Gasteiger partial charge in [0.15, 0.2) is 0 Å². The lowest BCUT2D eigenvalue weighted by Gasteiger charge is -2.35. The lowest BCUT2D eigenvalue weighted by atomic mass is 10.1. The van der Waals surface area contributed by atoms with E-state index in [0.29, 0.717) is 101 Å². The van der Waals surface area contributed by atoms with Gasteiger partial charge in [0.05, 0.1) is 68.3 Å². The number of halogens is 3. The first-order chi connectivity index (χ1) is 45.0. The zero-order chi connectivity index (χ0) is 67.7. The maximum atomic E-state index is 14.1. The number of imide groups is 1. The number of benzene rings is 2. The molecule has 3 atom stereocenters. The molecular weight excluding hydrogens is 1360 g/mol. The minimum absolute atomic E-state index is 0.0335. The number of alkyl halides is 2. The summed E-state index contributed by atoms with van der Waals surface area (Å²) >= 11 is 3.52. The van der Waals surface area contributed by atoms with Crippen LogP contribution in [0.3, 0.4) is 0 Å². The van der Waals surface area contributed by atoms with E-state index in [1.807, 2.05) is 17.0 Å². The van der Waals surface area contributed by atoms with Gasteiger partial charge in [-0.25, -0.2) is 8.78 Å². The number of aryl methyl sites for hydroxylation is 1. The molecule has 7 rings (SSSR count). The van der Waals surface area contributed by atoms with Crippen molar-refractivity contribution in [3.8, 4) is 11.8 Å². The number of hydrogen-bond acceptors (Lipinski definition) is 19. The van der Waals surface area contributed by atoms with E-state index < -0.39 is 84.8 Å². The zero-order valence-corrected chi connectivity index (χ0v) is 55.6. The number of carboxylic acids is 3. The zero-order valence-electron chi connectivity index (χ0n) is 52.6. The van der Waals surface area contributed by atoms with Gasteiger partial charge < -0.3 is 45.8 Å². The molecule has 1 aromatic heterocycles. The molecule has 4 fully saturated rings. The van der Waals surface area contributed by atoms with E-state index in [0.717, 1.165) is 26.2 Å². The Morgan fingerprint density at radius 2 is 1.33 bits per heavy atom. The van der Waals surface area contributed by atoms with Crippen LogP contribution in [0.1, 0.15) is 73.7 Å². The van der Waals surface area contributed by atoms with Gasteiger partial charge in [-0.3, -0.25) is 82.3 Å². The predicted molar refractivity (Wildman–Crippen MR) is 350 cm³/mol. The third-order valence-electron chi connectivity index (χ3n) is 16.8. The van der Waals surface area contributed by atoms with Gasteiger partial charge in [-0.15, -0.1) is 11.8 Å². The highest BCUT2D eigenvalue weighted by molar-refractivity contribution is 14.1. The quantitative estimate of drug-likeness (QED) is 0.0295. The van der Waals surface area contributed by atoms with E-state index in [9.17, 15) is 77.3 Å². The average Bonchev–Trinajstić information content (AvgIpc) is 1.48. The molecule has 2 aromatic carbocycles. The molecule has 94 heavy (non-hydrogen) atoms. The number of rotatable bonds is 32. The van der Waals surface area contributed by atoms with Crippen LogP contribution in [0, 0.1) is 14.9 Å². The Bertz CT molecular complexity index is 3150. The summed E-state index contributed by atoms with van der Waals surface area (Å²) in [5.41, 5.74) is 1.82. The number of nitrogens with one attached hydrogen (secondary N) is 3. The number of aromatic nitrogens is 1. The number of nitrogens with zero attached hydrogens (tertiary/aromatic N) is 10. The maximum Gasteiger partial charge on any atom is 0.317 e. The molecule has 5 heterocycles. The van der Waals surface area contributed by atoms with Crippen molar-refractivity contribution in [2.24, 2.45) is 0 Å². The highest BCUT2D eigenvalue weighted by Gasteiger charge is 2.47. The van der Waals surface area contributed by atoms with Gasteiger partial charge in [-0.1, -0.05) is 25.0 Å². The van der Waals surface area contributed by atoms with Crippen molar-refractivity contribution in [2.75, 3.05) is 151 Å². The second kappa shape index (κ2) is 37.2. The average molecular weight is 1440 g/mol. The molecule has 3 aromatic rings. The molecule has 4 aliphatic heterocycles. The number of carboxylic acid groups (broad SMARTS) is 3. The second-order valence-electron chi connectivity index (χ2n) is 23.9. The number of carbonyl (C=O) groups is 10. The van der Waals surface area contributed by atoms with Crippen LogP contribution in [0.2, 0.25) is 0 Å². The van der Waals surface area contributed by atoms with Gasteiger partial charge in [-0.05, 0) is 96.7 Å². The number of pyridine rings is 1. The largest absolute Gasteiger partial charge is 0.494 e. The van der Waals surface area contributed by atoms with Crippen molar-refractivity contribution in [1.82, 2.24) is 60.1 Å². The van der Waals surface area contributed by atoms with Gasteiger partial charge in [0.2, 0.25) is 35.4 Å². The highest BCUT2D eigenvalue weighted by Crippen LogP contribution is 2.33. The molecule has 0 spiro atoms. The first-order valence-electron chi connectivity index (χ1n) is 31.7. The standard InChI is InChI=1S/C63H84F2IN13O14S/c64-63(65)34-46(35-67)79(43-63)56(83)37-71-61(91)49-15-17-68-51-14-13-47(32-50(49)51)93-31-5-18-72-27-29-77(30-28-72)57(84)39-78-55(82)33-52(62(78)92)94-48(7-2-1-3-16-69-53(80)8-4-6-44-9-11-45(66)12-10-44)36-70-54(81)38-73-19-21-74(40-58(85)86)23-25-76(42-60(89)90)26-24-75(22-20-73)41-59(87)88/h9-15,17,32,46,48,52H,1-8,16,18-31,33-34,36-43H2,(H,69,80)(H,70,81)(H,71,91)(H,85,86)(H,87,88)(H,89,90)/t46-,48?,52?/m1/s1. The third-order valence-corrected chi connectivity index (χ3v) is 19.0. The Balaban J connectivity index is 0.881. The monoisotopic (exact) mass is 1440 g/mol. The molecule has 0 saturated carbocycles. The molecule has 512 valence electrons. The van der Waals surface area contributed by atoms with Crippen LogP contribution in [0.15, 0.2) is 54.7 Å². The number of likely N-dealkylation sites (tertiary alicyclic amines) is 2. The van der Waals surface area contributed by atoms with Crippen molar-refractivity contribution in [2.45, 2.75) is 86.7 Å². The van der Waals surface area contributed by atoms with Crippen molar-refractivity contribution >= 4 is 105 Å². The molecular formula is C63H84F2IN13O14S. The molecule has 4 aliphatic rings. The first kappa shape index (κ1) is 74.2. The van der Waals surface area contributed by atoms with E-state index in [1.165, 1.54) is 29.6 Å². The van der Waals surface area contributed by atoms with Crippen molar-refractivity contribution < 1.29 is 76.8 Å². The lowest BCUT2D eigenvalue weighted by molar-refractivity contribution is -0.146. The summed E-state index contributed by atoms with van der Waals surface area (Å²) in [7, 11) is 0. The van der Waals surface area contributed by atoms with Gasteiger partial charge >= 0.3 is 17.9 Å². The SMILES string of the molecule is N#C[C@H]1CC(F)(F)CN1C(=O)CNC(=O)c1ccnc2ccc(OCCCN3CCN(C(=O)CN4C(=O)CC(SC(CCCCCNC(=O)CCCc5ccc(I)cc5)CNC(=O)CN5CCN(CC(=O)O)CCN(CC(=O)O)CCN(CC(=O)O)CC5)C4=O)CC3)cc12. The fourth-order valence-corrected chi connectivity index (χ4v) is 13.4. The van der Waals surface area contributed by atoms with Gasteiger partial charge in [0.25, 0.3) is 11.8 Å². The fourth-order valence-electron chi connectivity index (χ4n) is 11.6. The van der Waals surface area contributed by atoms with Gasteiger partial charge in [-0.2, -0.15) is 5.26 Å². The number of fused-ring (bicyclic) bond motifs is 1. The summed E-state index contributed by atoms with van der Waals surface area (Å²) in [6.45, 7) is 2.11. The van der Waals surface area contributed by atoms with Crippen LogP contribution in [0.4, 0.5) is 8.78 Å². The Hall–Kier alpha value is -7.22. The smallest absolute Gasteiger partial charge is 0.317 e. The minimum atomic E-state index is -3.20. The Morgan fingerprint density at radius 3 is 1.95 bits per heavy atom. The van der Waals surface area contributed by atoms with E-state index in [4.69, 9.17) is 4.74 Å². The Kier molecular flexibility index (Phi) is 29.3. The molecule has 7 amide bonds. The van der Waals surface area contributed by atoms with E-state index in [1.54, 1.807) is 43.9 Å². The third kappa shape index (κ3) is 24.5. The number of ether oxygens (including phenoxy) is 1.